The van der Waals surface area contributed by atoms with Crippen molar-refractivity contribution >= 4 is 27.6 Å². The van der Waals surface area contributed by atoms with Gasteiger partial charge in [-0.3, -0.25) is 0 Å². The van der Waals surface area contributed by atoms with Crippen molar-refractivity contribution in [1.29, 1.82) is 5.26 Å². The van der Waals surface area contributed by atoms with E-state index in [1.165, 1.54) is 18.2 Å². The quantitative estimate of drug-likeness (QED) is 0.351. The third-order valence-corrected chi connectivity index (χ3v) is 4.48. The molecule has 0 amide bonds. The van der Waals surface area contributed by atoms with Gasteiger partial charge in [0, 0.05) is 5.56 Å². The number of rotatable bonds is 5. The van der Waals surface area contributed by atoms with Crippen molar-refractivity contribution in [1.82, 2.24) is 0 Å². The molecule has 27 heavy (non-hydrogen) atoms. The molecule has 0 N–H and O–H groups in total. The standard InChI is InChI=1S/C22H14BrF2NO/c23-20-12-16(11-17(13-26)19-3-1-2-4-21(19)25)7-10-22(20)27-14-15-5-8-18(24)9-6-15/h1-12H,14H2. The zero-order chi connectivity index (χ0) is 19.2. The van der Waals surface area contributed by atoms with Gasteiger partial charge in [-0.05, 0) is 63.5 Å². The van der Waals surface area contributed by atoms with Crippen LogP contribution in [0.3, 0.4) is 0 Å². The molecule has 2 nitrogen and oxygen atoms in total. The second kappa shape index (κ2) is 8.61. The molecule has 3 rings (SSSR count). The van der Waals surface area contributed by atoms with Crippen molar-refractivity contribution in [3.8, 4) is 11.8 Å². The summed E-state index contributed by atoms with van der Waals surface area (Å²) in [6.45, 7) is 0.298. The molecule has 0 bridgehead atoms. The summed E-state index contributed by atoms with van der Waals surface area (Å²) in [4.78, 5) is 0. The van der Waals surface area contributed by atoms with Crippen LogP contribution in [-0.2, 0) is 6.61 Å². The lowest BCUT2D eigenvalue weighted by atomic mass is 10.0. The Kier molecular flexibility index (Phi) is 6.00. The SMILES string of the molecule is N#CC(=Cc1ccc(OCc2ccc(F)cc2)c(Br)c1)c1ccccc1F. The van der Waals surface area contributed by atoms with E-state index >= 15 is 0 Å². The third kappa shape index (κ3) is 4.81. The Bertz CT molecular complexity index is 1020. The number of halogens is 3. The van der Waals surface area contributed by atoms with Crippen molar-refractivity contribution in [2.45, 2.75) is 6.61 Å². The zero-order valence-corrected chi connectivity index (χ0v) is 15.7. The summed E-state index contributed by atoms with van der Waals surface area (Å²) in [6, 6.07) is 19.6. The molecule has 0 spiro atoms. The number of nitriles is 1. The molecule has 0 heterocycles. The zero-order valence-electron chi connectivity index (χ0n) is 14.1. The maximum atomic E-state index is 13.9. The topological polar surface area (TPSA) is 33.0 Å². The van der Waals surface area contributed by atoms with E-state index < -0.39 is 5.82 Å². The Balaban J connectivity index is 1.78. The van der Waals surface area contributed by atoms with E-state index in [1.54, 1.807) is 54.6 Å². The van der Waals surface area contributed by atoms with Gasteiger partial charge in [-0.1, -0.05) is 36.4 Å². The van der Waals surface area contributed by atoms with E-state index in [9.17, 15) is 14.0 Å². The summed E-state index contributed by atoms with van der Waals surface area (Å²) < 4.78 is 33.3. The van der Waals surface area contributed by atoms with E-state index in [-0.39, 0.29) is 17.0 Å². The largest absolute Gasteiger partial charge is 0.488 e. The Morgan fingerprint density at radius 1 is 1.04 bits per heavy atom. The lowest BCUT2D eigenvalue weighted by Gasteiger charge is -2.09. The summed E-state index contributed by atoms with van der Waals surface area (Å²) in [7, 11) is 0. The highest BCUT2D eigenvalue weighted by molar-refractivity contribution is 9.10. The van der Waals surface area contributed by atoms with Gasteiger partial charge in [-0.2, -0.15) is 5.26 Å². The summed E-state index contributed by atoms with van der Waals surface area (Å²) >= 11 is 3.44. The van der Waals surface area contributed by atoms with Crippen LogP contribution in [0.4, 0.5) is 8.78 Å². The lowest BCUT2D eigenvalue weighted by Crippen LogP contribution is -1.96. The number of benzene rings is 3. The van der Waals surface area contributed by atoms with Crippen LogP contribution in [0.1, 0.15) is 16.7 Å². The van der Waals surface area contributed by atoms with Gasteiger partial charge in [0.05, 0.1) is 16.1 Å². The predicted molar refractivity (Wildman–Crippen MR) is 105 cm³/mol. The smallest absolute Gasteiger partial charge is 0.134 e. The van der Waals surface area contributed by atoms with E-state index in [0.717, 1.165) is 11.1 Å². The van der Waals surface area contributed by atoms with E-state index in [0.29, 0.717) is 16.8 Å². The van der Waals surface area contributed by atoms with Crippen molar-refractivity contribution < 1.29 is 13.5 Å². The van der Waals surface area contributed by atoms with Crippen LogP contribution in [0, 0.1) is 23.0 Å². The Labute approximate surface area is 164 Å². The molecule has 3 aromatic rings. The highest BCUT2D eigenvalue weighted by atomic mass is 79.9. The highest BCUT2D eigenvalue weighted by Gasteiger charge is 2.08. The lowest BCUT2D eigenvalue weighted by molar-refractivity contribution is 0.304. The second-order valence-corrected chi connectivity index (χ2v) is 6.61. The number of hydrogen-bond acceptors (Lipinski definition) is 2. The van der Waals surface area contributed by atoms with Gasteiger partial charge in [0.25, 0.3) is 0 Å². The van der Waals surface area contributed by atoms with Gasteiger partial charge in [0.1, 0.15) is 24.0 Å². The third-order valence-electron chi connectivity index (χ3n) is 3.86. The summed E-state index contributed by atoms with van der Waals surface area (Å²) in [5.41, 5.74) is 2.07. The molecule has 0 fully saturated rings. The number of ether oxygens (including phenoxy) is 1. The molecule has 0 aliphatic heterocycles. The molecule has 5 heteroatoms. The molecule has 0 saturated carbocycles. The average molecular weight is 426 g/mol. The van der Waals surface area contributed by atoms with Crippen molar-refractivity contribution in [2.75, 3.05) is 0 Å². The van der Waals surface area contributed by atoms with E-state index in [2.05, 4.69) is 15.9 Å². The van der Waals surface area contributed by atoms with Crippen LogP contribution >= 0.6 is 15.9 Å². The molecule has 0 aliphatic carbocycles. The van der Waals surface area contributed by atoms with Crippen molar-refractivity contribution in [2.24, 2.45) is 0 Å². The first-order valence-electron chi connectivity index (χ1n) is 8.10. The maximum Gasteiger partial charge on any atom is 0.134 e. The summed E-state index contributed by atoms with van der Waals surface area (Å²) in [5, 5.41) is 9.37. The normalized spacial score (nSPS) is 11.1. The first kappa shape index (κ1) is 18.8. The van der Waals surface area contributed by atoms with Crippen LogP contribution in [0.5, 0.6) is 5.75 Å². The monoisotopic (exact) mass is 425 g/mol. The maximum absolute atomic E-state index is 13.9. The van der Waals surface area contributed by atoms with Gasteiger partial charge in [-0.15, -0.1) is 0 Å². The first-order valence-corrected chi connectivity index (χ1v) is 8.89. The Morgan fingerprint density at radius 3 is 2.44 bits per heavy atom. The molecular weight excluding hydrogens is 412 g/mol. The molecule has 0 atom stereocenters. The van der Waals surface area contributed by atoms with Crippen LogP contribution < -0.4 is 4.74 Å². The van der Waals surface area contributed by atoms with Gasteiger partial charge in [-0.25, -0.2) is 8.78 Å². The number of allylic oxidation sites excluding steroid dienone is 1. The summed E-state index contributed by atoms with van der Waals surface area (Å²) in [5.74, 6) is -0.122. The fraction of sp³-hybridized carbons (Fsp3) is 0.0455. The molecule has 0 unspecified atom stereocenters. The van der Waals surface area contributed by atoms with Crippen LogP contribution in [-0.4, -0.2) is 0 Å². The second-order valence-electron chi connectivity index (χ2n) is 5.75. The summed E-state index contributed by atoms with van der Waals surface area (Å²) in [6.07, 6.45) is 1.62. The molecular formula is C22H14BrF2NO. The van der Waals surface area contributed by atoms with Crippen molar-refractivity contribution in [3.05, 3.63) is 99.5 Å². The molecule has 0 aromatic heterocycles. The van der Waals surface area contributed by atoms with Crippen LogP contribution in [0.25, 0.3) is 11.6 Å². The predicted octanol–water partition coefficient (Wildman–Crippen LogP) is 6.37. The van der Waals surface area contributed by atoms with Crippen LogP contribution in [0.15, 0.2) is 71.2 Å². The van der Waals surface area contributed by atoms with Crippen LogP contribution in [0.2, 0.25) is 0 Å². The van der Waals surface area contributed by atoms with Gasteiger partial charge in [0.2, 0.25) is 0 Å². The van der Waals surface area contributed by atoms with Gasteiger partial charge >= 0.3 is 0 Å². The fourth-order valence-electron chi connectivity index (χ4n) is 2.48. The Morgan fingerprint density at radius 2 is 1.78 bits per heavy atom. The Hall–Kier alpha value is -2.97. The molecule has 0 aliphatic rings. The van der Waals surface area contributed by atoms with Gasteiger partial charge in [0.15, 0.2) is 0 Å². The average Bonchev–Trinajstić information content (AvgIpc) is 2.67. The molecule has 3 aromatic carbocycles. The molecule has 0 radical (unpaired) electrons. The van der Waals surface area contributed by atoms with Gasteiger partial charge < -0.3 is 4.74 Å². The minimum atomic E-state index is -0.441. The molecule has 0 saturated heterocycles. The minimum absolute atomic E-state index is 0.236. The molecule has 134 valence electrons. The minimum Gasteiger partial charge on any atom is -0.488 e. The first-order chi connectivity index (χ1) is 13.1. The van der Waals surface area contributed by atoms with E-state index in [1.807, 2.05) is 6.07 Å². The number of hydrogen-bond donors (Lipinski definition) is 0. The van der Waals surface area contributed by atoms with E-state index in [4.69, 9.17) is 4.74 Å². The highest BCUT2D eigenvalue weighted by Crippen LogP contribution is 2.29. The van der Waals surface area contributed by atoms with Crippen molar-refractivity contribution in [3.63, 3.8) is 0 Å². The fourth-order valence-corrected chi connectivity index (χ4v) is 2.99. The number of nitrogens with zero attached hydrogens (tertiary/aromatic N) is 1.